The van der Waals surface area contributed by atoms with Crippen LogP contribution in [0, 0.1) is 6.92 Å². The minimum atomic E-state index is -0.204. The van der Waals surface area contributed by atoms with Crippen LogP contribution >= 0.6 is 45.9 Å². The second-order valence-corrected chi connectivity index (χ2v) is 7.33. The summed E-state index contributed by atoms with van der Waals surface area (Å²) in [7, 11) is 0. The smallest absolute Gasteiger partial charge is 0.267 e. The molecule has 2 heterocycles. The third-order valence-electron chi connectivity index (χ3n) is 2.67. The van der Waals surface area contributed by atoms with Crippen molar-refractivity contribution in [2.24, 2.45) is 0 Å². The number of fused-ring (bicyclic) bond motifs is 1. The molecule has 3 aromatic rings. The molecule has 0 spiro atoms. The van der Waals surface area contributed by atoms with Gasteiger partial charge in [0.15, 0.2) is 5.13 Å². The summed E-state index contributed by atoms with van der Waals surface area (Å²) >= 11 is 14.5. The lowest BCUT2D eigenvalue weighted by molar-refractivity contribution is 0.103. The molecule has 0 saturated carbocycles. The van der Waals surface area contributed by atoms with Gasteiger partial charge in [-0.3, -0.25) is 10.1 Å². The van der Waals surface area contributed by atoms with Gasteiger partial charge in [-0.1, -0.05) is 34.5 Å². The van der Waals surface area contributed by atoms with Gasteiger partial charge in [0.25, 0.3) is 5.91 Å². The molecule has 20 heavy (non-hydrogen) atoms. The lowest BCUT2D eigenvalue weighted by Gasteiger charge is -1.97. The fourth-order valence-electron chi connectivity index (χ4n) is 1.80. The summed E-state index contributed by atoms with van der Waals surface area (Å²) < 4.78 is 1.54. The molecule has 0 fully saturated rings. The lowest BCUT2D eigenvalue weighted by Crippen LogP contribution is -2.09. The van der Waals surface area contributed by atoms with Crippen LogP contribution in [-0.4, -0.2) is 10.9 Å². The molecule has 0 bridgehead atoms. The lowest BCUT2D eigenvalue weighted by atomic mass is 10.2. The van der Waals surface area contributed by atoms with Gasteiger partial charge in [-0.15, -0.1) is 11.3 Å². The number of thiophene rings is 1. The maximum atomic E-state index is 12.0. The molecule has 3 nitrogen and oxygen atoms in total. The Bertz CT molecular complexity index is 810. The van der Waals surface area contributed by atoms with Crippen LogP contribution in [0.5, 0.6) is 0 Å². The highest BCUT2D eigenvalue weighted by molar-refractivity contribution is 7.22. The van der Waals surface area contributed by atoms with Gasteiger partial charge in [0, 0.05) is 5.02 Å². The third kappa shape index (κ3) is 2.67. The summed E-state index contributed by atoms with van der Waals surface area (Å²) in [5, 5.41) is 4.01. The fourth-order valence-corrected chi connectivity index (χ4v) is 4.06. The number of hydrogen-bond donors (Lipinski definition) is 1. The van der Waals surface area contributed by atoms with Crippen LogP contribution in [0.15, 0.2) is 24.3 Å². The zero-order chi connectivity index (χ0) is 14.3. The molecule has 0 saturated heterocycles. The van der Waals surface area contributed by atoms with Gasteiger partial charge < -0.3 is 0 Å². The molecule has 3 rings (SSSR count). The van der Waals surface area contributed by atoms with Gasteiger partial charge in [0.05, 0.1) is 19.4 Å². The van der Waals surface area contributed by atoms with Crippen molar-refractivity contribution >= 4 is 67.1 Å². The molecule has 1 amide bonds. The molecule has 7 heteroatoms. The topological polar surface area (TPSA) is 42.0 Å². The molecule has 1 aromatic carbocycles. The van der Waals surface area contributed by atoms with Gasteiger partial charge in [0.1, 0.15) is 0 Å². The Balaban J connectivity index is 1.91. The number of hydrogen-bond acceptors (Lipinski definition) is 4. The highest BCUT2D eigenvalue weighted by Crippen LogP contribution is 2.31. The van der Waals surface area contributed by atoms with Gasteiger partial charge >= 0.3 is 0 Å². The van der Waals surface area contributed by atoms with Crippen LogP contribution in [0.2, 0.25) is 9.36 Å². The van der Waals surface area contributed by atoms with E-state index in [1.165, 1.54) is 22.7 Å². The Labute approximate surface area is 133 Å². The molecular weight excluding hydrogens is 335 g/mol. The van der Waals surface area contributed by atoms with E-state index in [0.717, 1.165) is 15.8 Å². The first-order valence-electron chi connectivity index (χ1n) is 5.66. The largest absolute Gasteiger partial charge is 0.297 e. The van der Waals surface area contributed by atoms with E-state index < -0.39 is 0 Å². The minimum Gasteiger partial charge on any atom is -0.297 e. The van der Waals surface area contributed by atoms with E-state index in [2.05, 4.69) is 10.3 Å². The Kier molecular flexibility index (Phi) is 3.69. The predicted molar refractivity (Wildman–Crippen MR) is 86.6 cm³/mol. The number of thiazole rings is 1. The van der Waals surface area contributed by atoms with Crippen LogP contribution < -0.4 is 5.32 Å². The van der Waals surface area contributed by atoms with Crippen LogP contribution in [0.1, 0.15) is 15.2 Å². The first-order chi connectivity index (χ1) is 9.52. The second-order valence-electron chi connectivity index (χ2n) is 4.15. The maximum Gasteiger partial charge on any atom is 0.267 e. The average Bonchev–Trinajstić information content (AvgIpc) is 2.95. The second kappa shape index (κ2) is 5.33. The average molecular weight is 343 g/mol. The first-order valence-corrected chi connectivity index (χ1v) is 8.05. The van der Waals surface area contributed by atoms with Crippen LogP contribution in [0.25, 0.3) is 10.2 Å². The number of halogens is 2. The molecule has 0 atom stereocenters. The molecule has 0 unspecified atom stereocenters. The number of amides is 1. The molecule has 2 aromatic heterocycles. The number of carbonyl (C=O) groups is 1. The minimum absolute atomic E-state index is 0.204. The summed E-state index contributed by atoms with van der Waals surface area (Å²) in [6.07, 6.45) is 0. The first kappa shape index (κ1) is 13.8. The SMILES string of the molecule is Cc1cc(Cl)cc2sc(NC(=O)c3ccc(Cl)s3)nc12. The predicted octanol–water partition coefficient (Wildman–Crippen LogP) is 5.23. The van der Waals surface area contributed by atoms with Crippen molar-refractivity contribution in [3.63, 3.8) is 0 Å². The molecule has 102 valence electrons. The zero-order valence-corrected chi connectivity index (χ0v) is 13.4. The van der Waals surface area contributed by atoms with Crippen molar-refractivity contribution in [3.05, 3.63) is 44.1 Å². The van der Waals surface area contributed by atoms with Crippen LogP contribution in [-0.2, 0) is 0 Å². The molecular formula is C13H8Cl2N2OS2. The summed E-state index contributed by atoms with van der Waals surface area (Å²) in [5.74, 6) is -0.204. The molecule has 0 radical (unpaired) electrons. The van der Waals surface area contributed by atoms with E-state index in [9.17, 15) is 4.79 Å². The normalized spacial score (nSPS) is 10.9. The van der Waals surface area contributed by atoms with Crippen molar-refractivity contribution in [1.29, 1.82) is 0 Å². The molecule has 0 aliphatic heterocycles. The van der Waals surface area contributed by atoms with Gasteiger partial charge in [-0.25, -0.2) is 4.98 Å². The highest BCUT2D eigenvalue weighted by atomic mass is 35.5. The van der Waals surface area contributed by atoms with E-state index in [0.29, 0.717) is 19.4 Å². The van der Waals surface area contributed by atoms with Gasteiger partial charge in [-0.05, 0) is 36.8 Å². The van der Waals surface area contributed by atoms with Crippen molar-refractivity contribution in [2.75, 3.05) is 5.32 Å². The van der Waals surface area contributed by atoms with Crippen LogP contribution in [0.4, 0.5) is 5.13 Å². The standard InChI is InChI=1S/C13H8Cl2N2OS2/c1-6-4-7(14)5-9-11(6)16-13(20-9)17-12(18)8-2-3-10(15)19-8/h2-5H,1H3,(H,16,17,18). The number of nitrogens with one attached hydrogen (secondary N) is 1. The Morgan fingerprint density at radius 2 is 2.05 bits per heavy atom. The number of benzene rings is 1. The Morgan fingerprint density at radius 3 is 2.75 bits per heavy atom. The van der Waals surface area contributed by atoms with Crippen molar-refractivity contribution < 1.29 is 4.79 Å². The van der Waals surface area contributed by atoms with Gasteiger partial charge in [0.2, 0.25) is 0 Å². The van der Waals surface area contributed by atoms with E-state index in [-0.39, 0.29) is 5.91 Å². The van der Waals surface area contributed by atoms with E-state index in [1.807, 2.05) is 19.1 Å². The third-order valence-corrected chi connectivity index (χ3v) is 5.03. The monoisotopic (exact) mass is 342 g/mol. The molecule has 1 N–H and O–H groups in total. The van der Waals surface area contributed by atoms with Crippen LogP contribution in [0.3, 0.4) is 0 Å². The number of nitrogens with zero attached hydrogens (tertiary/aromatic N) is 1. The van der Waals surface area contributed by atoms with E-state index >= 15 is 0 Å². The number of anilines is 1. The van der Waals surface area contributed by atoms with Crippen molar-refractivity contribution in [1.82, 2.24) is 4.98 Å². The van der Waals surface area contributed by atoms with E-state index in [4.69, 9.17) is 23.2 Å². The summed E-state index contributed by atoms with van der Waals surface area (Å²) in [5.41, 5.74) is 1.85. The van der Waals surface area contributed by atoms with Crippen molar-refractivity contribution in [2.45, 2.75) is 6.92 Å². The zero-order valence-electron chi connectivity index (χ0n) is 10.2. The summed E-state index contributed by atoms with van der Waals surface area (Å²) in [6.45, 7) is 1.94. The summed E-state index contributed by atoms with van der Waals surface area (Å²) in [4.78, 5) is 17.0. The molecule has 0 aliphatic rings. The fraction of sp³-hybridized carbons (Fsp3) is 0.0769. The maximum absolute atomic E-state index is 12.0. The van der Waals surface area contributed by atoms with E-state index in [1.54, 1.807) is 12.1 Å². The molecule has 0 aliphatic carbocycles. The number of rotatable bonds is 2. The highest BCUT2D eigenvalue weighted by Gasteiger charge is 2.13. The quantitative estimate of drug-likeness (QED) is 0.693. The Hall–Kier alpha value is -1.14. The number of carbonyl (C=O) groups excluding carboxylic acids is 1. The van der Waals surface area contributed by atoms with Crippen molar-refractivity contribution in [3.8, 4) is 0 Å². The number of aromatic nitrogens is 1. The summed E-state index contributed by atoms with van der Waals surface area (Å²) in [6, 6.07) is 7.09. The van der Waals surface area contributed by atoms with Gasteiger partial charge in [-0.2, -0.15) is 0 Å². The number of aryl methyl sites for hydroxylation is 1. The Morgan fingerprint density at radius 1 is 1.25 bits per heavy atom.